The first kappa shape index (κ1) is 12.9. The summed E-state index contributed by atoms with van der Waals surface area (Å²) in [5.41, 5.74) is 2.21. The first-order valence-corrected chi connectivity index (χ1v) is 8.70. The molecule has 19 heavy (non-hydrogen) atoms. The summed E-state index contributed by atoms with van der Waals surface area (Å²) in [7, 11) is 0. The smallest absolute Gasteiger partial charge is 0.150 e. The van der Waals surface area contributed by atoms with Crippen molar-refractivity contribution >= 4 is 50.3 Å². The van der Waals surface area contributed by atoms with Crippen molar-refractivity contribution in [3.05, 3.63) is 34.3 Å². The molecule has 2 heterocycles. The fraction of sp³-hybridized carbons (Fsp3) is 0.231. The Kier molecular flexibility index (Phi) is 3.72. The van der Waals surface area contributed by atoms with Gasteiger partial charge in [0.2, 0.25) is 0 Å². The average Bonchev–Trinajstić information content (AvgIpc) is 3.01. The summed E-state index contributed by atoms with van der Waals surface area (Å²) in [6.07, 6.45) is 3.99. The first-order valence-electron chi connectivity index (χ1n) is 5.84. The maximum absolute atomic E-state index is 4.54. The Morgan fingerprint density at radius 1 is 1.32 bits per heavy atom. The number of fused-ring (bicyclic) bond motifs is 1. The highest BCUT2D eigenvalue weighted by molar-refractivity contribution is 8.00. The van der Waals surface area contributed by atoms with Crippen molar-refractivity contribution < 1.29 is 0 Å². The predicted molar refractivity (Wildman–Crippen MR) is 85.6 cm³/mol. The van der Waals surface area contributed by atoms with Crippen LogP contribution in [0.3, 0.4) is 0 Å². The number of benzene rings is 1. The molecule has 0 saturated heterocycles. The topological polar surface area (TPSA) is 37.8 Å². The number of hydrogen-bond acceptors (Lipinski definition) is 6. The molecule has 3 aromatic rings. The molecule has 6 heteroatoms. The van der Waals surface area contributed by atoms with Crippen LogP contribution in [0.1, 0.15) is 9.88 Å². The van der Waals surface area contributed by atoms with Crippen molar-refractivity contribution in [3.63, 3.8) is 0 Å². The zero-order valence-corrected chi connectivity index (χ0v) is 13.1. The van der Waals surface area contributed by atoms with Crippen LogP contribution in [0.5, 0.6) is 0 Å². The fourth-order valence-corrected chi connectivity index (χ4v) is 4.04. The summed E-state index contributed by atoms with van der Waals surface area (Å²) < 4.78 is 2.35. The van der Waals surface area contributed by atoms with Crippen LogP contribution in [0.15, 0.2) is 28.7 Å². The molecule has 3 rings (SSSR count). The van der Waals surface area contributed by atoms with Gasteiger partial charge < -0.3 is 5.32 Å². The van der Waals surface area contributed by atoms with Crippen LogP contribution >= 0.6 is 34.4 Å². The molecule has 1 aromatic carbocycles. The summed E-state index contributed by atoms with van der Waals surface area (Å²) in [5.74, 6) is 0. The van der Waals surface area contributed by atoms with E-state index in [0.29, 0.717) is 0 Å². The van der Waals surface area contributed by atoms with Crippen molar-refractivity contribution in [1.82, 2.24) is 9.97 Å². The quantitative estimate of drug-likeness (QED) is 0.725. The number of aryl methyl sites for hydroxylation is 1. The molecule has 0 bridgehead atoms. The van der Waals surface area contributed by atoms with Gasteiger partial charge in [0, 0.05) is 16.8 Å². The molecular weight excluding hydrogens is 294 g/mol. The van der Waals surface area contributed by atoms with Gasteiger partial charge in [0.25, 0.3) is 0 Å². The van der Waals surface area contributed by atoms with Crippen molar-refractivity contribution in [2.75, 3.05) is 11.6 Å². The third-order valence-corrected chi connectivity index (χ3v) is 5.60. The van der Waals surface area contributed by atoms with Crippen LogP contribution < -0.4 is 5.32 Å². The first-order chi connectivity index (χ1) is 9.24. The van der Waals surface area contributed by atoms with Gasteiger partial charge in [-0.2, -0.15) is 0 Å². The maximum atomic E-state index is 4.54. The van der Waals surface area contributed by atoms with Gasteiger partial charge in [-0.1, -0.05) is 11.8 Å². The second-order valence-electron chi connectivity index (χ2n) is 4.07. The Hall–Kier alpha value is -1.11. The maximum Gasteiger partial charge on any atom is 0.150 e. The highest BCUT2D eigenvalue weighted by Gasteiger charge is 2.04. The molecule has 0 atom stereocenters. The van der Waals surface area contributed by atoms with Crippen LogP contribution in [0, 0.1) is 6.92 Å². The van der Waals surface area contributed by atoms with E-state index in [4.69, 9.17) is 0 Å². The van der Waals surface area contributed by atoms with Gasteiger partial charge in [-0.3, -0.25) is 0 Å². The molecular formula is C13H13N3S3. The zero-order valence-electron chi connectivity index (χ0n) is 10.6. The number of nitrogens with zero attached hydrogens (tertiary/aromatic N) is 2. The average molecular weight is 307 g/mol. The molecule has 1 N–H and O–H groups in total. The molecule has 0 aliphatic heterocycles. The number of hydrogen-bond donors (Lipinski definition) is 1. The predicted octanol–water partition coefficient (Wildman–Crippen LogP) is 4.40. The lowest BCUT2D eigenvalue weighted by molar-refractivity contribution is 1.17. The third-order valence-electron chi connectivity index (χ3n) is 2.68. The number of thiazole rings is 2. The lowest BCUT2D eigenvalue weighted by Crippen LogP contribution is -1.96. The van der Waals surface area contributed by atoms with Gasteiger partial charge in [-0.15, -0.1) is 22.7 Å². The van der Waals surface area contributed by atoms with E-state index in [1.165, 1.54) is 9.58 Å². The second kappa shape index (κ2) is 5.48. The Morgan fingerprint density at radius 2 is 2.21 bits per heavy atom. The van der Waals surface area contributed by atoms with Gasteiger partial charge >= 0.3 is 0 Å². The summed E-state index contributed by atoms with van der Waals surface area (Å²) in [4.78, 5) is 10.1. The monoisotopic (exact) mass is 307 g/mol. The largest absolute Gasteiger partial charge is 0.380 e. The van der Waals surface area contributed by atoms with Crippen LogP contribution in [0.2, 0.25) is 0 Å². The van der Waals surface area contributed by atoms with E-state index in [1.807, 2.05) is 13.1 Å². The standard InChI is InChI=1S/C13H13N3S3/c1-8-14-6-10(18-8)7-15-9-3-4-11-12(5-9)19-13(16-11)17-2/h3-6,15H,7H2,1-2H3. The third kappa shape index (κ3) is 2.91. The van der Waals surface area contributed by atoms with E-state index in [2.05, 4.69) is 39.7 Å². The Labute approximate surface area is 124 Å². The van der Waals surface area contributed by atoms with Crippen molar-refractivity contribution in [2.45, 2.75) is 17.8 Å². The number of aromatic nitrogens is 2. The summed E-state index contributed by atoms with van der Waals surface area (Å²) in [5, 5.41) is 4.55. The fourth-order valence-electron chi connectivity index (χ4n) is 1.78. The highest BCUT2D eigenvalue weighted by Crippen LogP contribution is 2.30. The van der Waals surface area contributed by atoms with Crippen molar-refractivity contribution in [2.24, 2.45) is 0 Å². The lowest BCUT2D eigenvalue weighted by Gasteiger charge is -2.03. The molecule has 0 amide bonds. The SMILES string of the molecule is CSc1nc2ccc(NCc3cnc(C)s3)cc2s1. The molecule has 0 radical (unpaired) electrons. The van der Waals surface area contributed by atoms with Gasteiger partial charge in [0.05, 0.1) is 21.8 Å². The van der Waals surface area contributed by atoms with E-state index in [0.717, 1.165) is 27.1 Å². The van der Waals surface area contributed by atoms with E-state index in [9.17, 15) is 0 Å². The van der Waals surface area contributed by atoms with Gasteiger partial charge in [-0.25, -0.2) is 9.97 Å². The Morgan fingerprint density at radius 3 is 2.95 bits per heavy atom. The van der Waals surface area contributed by atoms with E-state index in [1.54, 1.807) is 34.4 Å². The Bertz CT molecular complexity index is 702. The van der Waals surface area contributed by atoms with Crippen molar-refractivity contribution in [1.29, 1.82) is 0 Å². The number of rotatable bonds is 4. The van der Waals surface area contributed by atoms with Gasteiger partial charge in [-0.05, 0) is 31.4 Å². The van der Waals surface area contributed by atoms with E-state index in [-0.39, 0.29) is 0 Å². The normalized spacial score (nSPS) is 11.1. The highest BCUT2D eigenvalue weighted by atomic mass is 32.2. The Balaban J connectivity index is 1.77. The number of thioether (sulfide) groups is 1. The number of nitrogens with one attached hydrogen (secondary N) is 1. The summed E-state index contributed by atoms with van der Waals surface area (Å²) >= 11 is 5.16. The van der Waals surface area contributed by atoms with Crippen LogP contribution in [-0.2, 0) is 6.54 Å². The summed E-state index contributed by atoms with van der Waals surface area (Å²) in [6, 6.07) is 6.33. The molecule has 98 valence electrons. The minimum Gasteiger partial charge on any atom is -0.380 e. The molecule has 0 fully saturated rings. The number of anilines is 1. The minimum absolute atomic E-state index is 0.825. The van der Waals surface area contributed by atoms with E-state index >= 15 is 0 Å². The molecule has 0 saturated carbocycles. The molecule has 2 aromatic heterocycles. The lowest BCUT2D eigenvalue weighted by atomic mass is 10.3. The van der Waals surface area contributed by atoms with Crippen LogP contribution in [0.4, 0.5) is 5.69 Å². The molecule has 0 unspecified atom stereocenters. The second-order valence-corrected chi connectivity index (χ2v) is 7.47. The van der Waals surface area contributed by atoms with Crippen LogP contribution in [-0.4, -0.2) is 16.2 Å². The van der Waals surface area contributed by atoms with Gasteiger partial charge in [0.15, 0.2) is 4.34 Å². The molecule has 0 aliphatic carbocycles. The van der Waals surface area contributed by atoms with Crippen LogP contribution in [0.25, 0.3) is 10.2 Å². The summed E-state index contributed by atoms with van der Waals surface area (Å²) in [6.45, 7) is 2.85. The van der Waals surface area contributed by atoms with Crippen molar-refractivity contribution in [3.8, 4) is 0 Å². The zero-order chi connectivity index (χ0) is 13.2. The van der Waals surface area contributed by atoms with Gasteiger partial charge in [0.1, 0.15) is 0 Å². The van der Waals surface area contributed by atoms with E-state index < -0.39 is 0 Å². The molecule has 3 nitrogen and oxygen atoms in total. The minimum atomic E-state index is 0.825. The molecule has 0 aliphatic rings. The molecule has 0 spiro atoms.